The number of ether oxygens (including phenoxy) is 1. The molecule has 22 heavy (non-hydrogen) atoms. The first-order valence-corrected chi connectivity index (χ1v) is 7.21. The first-order valence-electron chi connectivity index (χ1n) is 6.33. The van der Waals surface area contributed by atoms with Crippen molar-refractivity contribution in [3.63, 3.8) is 0 Å². The van der Waals surface area contributed by atoms with Crippen molar-refractivity contribution >= 4 is 33.1 Å². The molecule has 0 aliphatic carbocycles. The molecule has 0 spiro atoms. The molecule has 0 unspecified atom stereocenters. The summed E-state index contributed by atoms with van der Waals surface area (Å²) < 4.78 is 32.2. The molecule has 3 rings (SSSR count). The van der Waals surface area contributed by atoms with Crippen LogP contribution in [0.4, 0.5) is 14.5 Å². The Labute approximate surface area is 128 Å². The molecule has 0 bridgehead atoms. The molecule has 0 aliphatic heterocycles. The molecule has 0 saturated carbocycles. The quantitative estimate of drug-likeness (QED) is 0.799. The summed E-state index contributed by atoms with van der Waals surface area (Å²) in [4.78, 5) is 15.9. The fourth-order valence-electron chi connectivity index (χ4n) is 1.87. The van der Waals surface area contributed by atoms with Gasteiger partial charge in [-0.15, -0.1) is 11.3 Å². The van der Waals surface area contributed by atoms with Crippen LogP contribution in [0.3, 0.4) is 0 Å². The molecule has 0 atom stereocenters. The van der Waals surface area contributed by atoms with Gasteiger partial charge in [-0.2, -0.15) is 0 Å². The number of hydrogen-bond donors (Lipinski definition) is 1. The highest BCUT2D eigenvalue weighted by Crippen LogP contribution is 2.21. The molecule has 1 N–H and O–H groups in total. The fourth-order valence-corrected chi connectivity index (χ4v) is 2.53. The molecule has 1 aromatic heterocycles. The maximum absolute atomic E-state index is 13.4. The van der Waals surface area contributed by atoms with Crippen LogP contribution < -0.4 is 10.1 Å². The lowest BCUT2D eigenvalue weighted by Gasteiger charge is -2.08. The van der Waals surface area contributed by atoms with Crippen LogP contribution in [0.15, 0.2) is 41.9 Å². The molecular weight excluding hydrogens is 310 g/mol. The van der Waals surface area contributed by atoms with Crippen LogP contribution in [0.2, 0.25) is 0 Å². The Morgan fingerprint density at radius 2 is 2.09 bits per heavy atom. The summed E-state index contributed by atoms with van der Waals surface area (Å²) in [5, 5.41) is 2.63. The van der Waals surface area contributed by atoms with Crippen LogP contribution >= 0.6 is 11.3 Å². The molecule has 0 fully saturated rings. The van der Waals surface area contributed by atoms with Gasteiger partial charge in [-0.05, 0) is 30.3 Å². The molecule has 3 aromatic rings. The molecule has 0 radical (unpaired) electrons. The van der Waals surface area contributed by atoms with Crippen molar-refractivity contribution in [2.75, 3.05) is 11.9 Å². The van der Waals surface area contributed by atoms with E-state index in [1.807, 2.05) is 6.07 Å². The minimum absolute atomic E-state index is 0.175. The van der Waals surface area contributed by atoms with Crippen LogP contribution in [-0.4, -0.2) is 17.5 Å². The van der Waals surface area contributed by atoms with E-state index in [-0.39, 0.29) is 12.4 Å². The van der Waals surface area contributed by atoms with Crippen LogP contribution in [0.1, 0.15) is 0 Å². The van der Waals surface area contributed by atoms with Crippen molar-refractivity contribution in [3.8, 4) is 5.75 Å². The number of thiazole rings is 1. The second-order valence-corrected chi connectivity index (χ2v) is 5.33. The van der Waals surface area contributed by atoms with Crippen LogP contribution in [-0.2, 0) is 4.79 Å². The van der Waals surface area contributed by atoms with Gasteiger partial charge in [-0.1, -0.05) is 0 Å². The number of amides is 1. The van der Waals surface area contributed by atoms with Crippen molar-refractivity contribution < 1.29 is 18.3 Å². The smallest absolute Gasteiger partial charge is 0.262 e. The average molecular weight is 320 g/mol. The number of halogens is 2. The summed E-state index contributed by atoms with van der Waals surface area (Å²) in [5.41, 5.74) is 3.08. The van der Waals surface area contributed by atoms with E-state index in [0.717, 1.165) is 22.3 Å². The minimum Gasteiger partial charge on any atom is -0.481 e. The lowest BCUT2D eigenvalue weighted by molar-refractivity contribution is -0.118. The monoisotopic (exact) mass is 320 g/mol. The number of rotatable bonds is 4. The highest BCUT2D eigenvalue weighted by molar-refractivity contribution is 7.16. The molecule has 7 heteroatoms. The number of carbonyl (C=O) groups is 1. The number of aromatic nitrogens is 1. The molecule has 0 aliphatic rings. The molecule has 2 aromatic carbocycles. The van der Waals surface area contributed by atoms with Crippen molar-refractivity contribution in [2.45, 2.75) is 0 Å². The third kappa shape index (κ3) is 3.20. The number of carbonyl (C=O) groups excluding carboxylic acids is 1. The van der Waals surface area contributed by atoms with Gasteiger partial charge in [-0.3, -0.25) is 4.79 Å². The van der Waals surface area contributed by atoms with Crippen molar-refractivity contribution in [2.24, 2.45) is 0 Å². The van der Waals surface area contributed by atoms with Crippen molar-refractivity contribution in [3.05, 3.63) is 53.5 Å². The van der Waals surface area contributed by atoms with Gasteiger partial charge in [-0.25, -0.2) is 13.8 Å². The Morgan fingerprint density at radius 3 is 2.91 bits per heavy atom. The summed E-state index contributed by atoms with van der Waals surface area (Å²) in [6.45, 7) is -0.377. The van der Waals surface area contributed by atoms with E-state index in [2.05, 4.69) is 10.3 Å². The number of anilines is 1. The highest BCUT2D eigenvalue weighted by atomic mass is 32.1. The molecule has 112 valence electrons. The van der Waals surface area contributed by atoms with Gasteiger partial charge in [0, 0.05) is 11.8 Å². The summed E-state index contributed by atoms with van der Waals surface area (Å²) >= 11 is 1.50. The van der Waals surface area contributed by atoms with Gasteiger partial charge in [0.25, 0.3) is 5.91 Å². The largest absolute Gasteiger partial charge is 0.481 e. The highest BCUT2D eigenvalue weighted by Gasteiger charge is 2.09. The van der Waals surface area contributed by atoms with E-state index in [1.165, 1.54) is 11.3 Å². The predicted molar refractivity (Wildman–Crippen MR) is 80.1 cm³/mol. The van der Waals surface area contributed by atoms with Gasteiger partial charge in [0.15, 0.2) is 18.2 Å². The second kappa shape index (κ2) is 6.07. The zero-order valence-corrected chi connectivity index (χ0v) is 12.0. The summed E-state index contributed by atoms with van der Waals surface area (Å²) in [7, 11) is 0. The first kappa shape index (κ1) is 14.4. The molecule has 1 amide bonds. The summed E-state index contributed by atoms with van der Waals surface area (Å²) in [6.07, 6.45) is 0. The van der Waals surface area contributed by atoms with Gasteiger partial charge >= 0.3 is 0 Å². The van der Waals surface area contributed by atoms with Crippen molar-refractivity contribution in [1.82, 2.24) is 4.98 Å². The Bertz CT molecular complexity index is 835. The van der Waals surface area contributed by atoms with Gasteiger partial charge in [0.1, 0.15) is 5.82 Å². The molecule has 4 nitrogen and oxygen atoms in total. The van der Waals surface area contributed by atoms with E-state index in [9.17, 15) is 13.6 Å². The number of hydrogen-bond acceptors (Lipinski definition) is 4. The molecular formula is C15H10F2N2O2S. The first-order chi connectivity index (χ1) is 10.6. The van der Waals surface area contributed by atoms with E-state index in [0.29, 0.717) is 11.8 Å². The molecule has 0 saturated heterocycles. The SMILES string of the molecule is O=C(COc1ccc(F)cc1F)Nc1ccc2scnc2c1. The maximum Gasteiger partial charge on any atom is 0.262 e. The van der Waals surface area contributed by atoms with Crippen LogP contribution in [0, 0.1) is 11.6 Å². The summed E-state index contributed by atoms with van der Waals surface area (Å²) in [5.74, 6) is -2.17. The number of nitrogens with zero attached hydrogens (tertiary/aromatic N) is 1. The van der Waals surface area contributed by atoms with E-state index >= 15 is 0 Å². The predicted octanol–water partition coefficient (Wildman–Crippen LogP) is 3.59. The van der Waals surface area contributed by atoms with Crippen molar-refractivity contribution in [1.29, 1.82) is 0 Å². The Balaban J connectivity index is 1.62. The summed E-state index contributed by atoms with van der Waals surface area (Å²) in [6, 6.07) is 8.23. The lowest BCUT2D eigenvalue weighted by atomic mass is 10.3. The lowest BCUT2D eigenvalue weighted by Crippen LogP contribution is -2.20. The van der Waals surface area contributed by atoms with Gasteiger partial charge in [0.05, 0.1) is 15.7 Å². The molecule has 1 heterocycles. The van der Waals surface area contributed by atoms with Gasteiger partial charge < -0.3 is 10.1 Å². The Morgan fingerprint density at radius 1 is 1.23 bits per heavy atom. The second-order valence-electron chi connectivity index (χ2n) is 4.45. The number of nitrogens with one attached hydrogen (secondary N) is 1. The number of fused-ring (bicyclic) bond motifs is 1. The average Bonchev–Trinajstić information content (AvgIpc) is 2.94. The topological polar surface area (TPSA) is 51.2 Å². The Kier molecular flexibility index (Phi) is 3.97. The zero-order chi connectivity index (χ0) is 15.5. The third-order valence-electron chi connectivity index (χ3n) is 2.87. The van der Waals surface area contributed by atoms with Gasteiger partial charge in [0.2, 0.25) is 0 Å². The van der Waals surface area contributed by atoms with E-state index < -0.39 is 17.5 Å². The zero-order valence-electron chi connectivity index (χ0n) is 11.2. The fraction of sp³-hybridized carbons (Fsp3) is 0.0667. The Hall–Kier alpha value is -2.54. The standard InChI is InChI=1S/C15H10F2N2O2S/c16-9-1-3-13(11(17)5-9)21-7-15(20)19-10-2-4-14-12(6-10)18-8-22-14/h1-6,8H,7H2,(H,19,20). The van der Waals surface area contributed by atoms with E-state index in [1.54, 1.807) is 17.6 Å². The number of benzene rings is 2. The van der Waals surface area contributed by atoms with Crippen LogP contribution in [0.5, 0.6) is 5.75 Å². The normalized spacial score (nSPS) is 10.6. The third-order valence-corrected chi connectivity index (χ3v) is 3.68. The maximum atomic E-state index is 13.4. The van der Waals surface area contributed by atoms with E-state index in [4.69, 9.17) is 4.74 Å². The minimum atomic E-state index is -0.850. The van der Waals surface area contributed by atoms with Crippen LogP contribution in [0.25, 0.3) is 10.2 Å².